The maximum atomic E-state index is 11.1. The SMILES string of the molecule is CC(=O)OC[C@H]1O[C@H](OC(C)C)[C@H](O[Si](C)(C)C(C)(C)C)[C@H]2S[C@@H]21. The number of ether oxygens (including phenoxy) is 3. The summed E-state index contributed by atoms with van der Waals surface area (Å²) in [5.41, 5.74) is 0. The summed E-state index contributed by atoms with van der Waals surface area (Å²) in [6.07, 6.45) is -0.532. The molecule has 0 N–H and O–H groups in total. The molecule has 140 valence electrons. The zero-order valence-corrected chi connectivity index (χ0v) is 17.9. The third kappa shape index (κ3) is 4.75. The lowest BCUT2D eigenvalue weighted by atomic mass is 10.1. The normalized spacial score (nSPS) is 33.3. The highest BCUT2D eigenvalue weighted by molar-refractivity contribution is 8.07. The topological polar surface area (TPSA) is 54.0 Å². The van der Waals surface area contributed by atoms with Crippen LogP contribution in [-0.4, -0.2) is 56.0 Å². The first-order chi connectivity index (χ1) is 10.9. The van der Waals surface area contributed by atoms with Crippen LogP contribution in [0.1, 0.15) is 41.5 Å². The van der Waals surface area contributed by atoms with E-state index < -0.39 is 14.6 Å². The van der Waals surface area contributed by atoms with Crippen molar-refractivity contribution in [3.05, 3.63) is 0 Å². The van der Waals surface area contributed by atoms with Crippen LogP contribution in [0.25, 0.3) is 0 Å². The van der Waals surface area contributed by atoms with E-state index >= 15 is 0 Å². The van der Waals surface area contributed by atoms with Crippen LogP contribution in [0.15, 0.2) is 0 Å². The molecule has 5 atom stereocenters. The summed E-state index contributed by atoms with van der Waals surface area (Å²) >= 11 is 1.85. The van der Waals surface area contributed by atoms with Gasteiger partial charge in [-0.2, -0.15) is 0 Å². The molecule has 0 aliphatic carbocycles. The largest absolute Gasteiger partial charge is 0.463 e. The van der Waals surface area contributed by atoms with Crippen LogP contribution in [0.5, 0.6) is 0 Å². The Morgan fingerprint density at radius 1 is 1.25 bits per heavy atom. The summed E-state index contributed by atoms with van der Waals surface area (Å²) in [5.74, 6) is -0.276. The van der Waals surface area contributed by atoms with Crippen LogP contribution in [0.3, 0.4) is 0 Å². The van der Waals surface area contributed by atoms with E-state index in [1.165, 1.54) is 6.92 Å². The van der Waals surface area contributed by atoms with Gasteiger partial charge < -0.3 is 18.6 Å². The Balaban J connectivity index is 2.09. The van der Waals surface area contributed by atoms with Crippen LogP contribution in [0, 0.1) is 0 Å². The Bertz CT molecular complexity index is 462. The van der Waals surface area contributed by atoms with E-state index in [0.717, 1.165) is 0 Å². The fraction of sp³-hybridized carbons (Fsp3) is 0.941. The third-order valence-corrected chi connectivity index (χ3v) is 10.9. The molecule has 0 aromatic carbocycles. The first-order valence-electron chi connectivity index (χ1n) is 8.70. The lowest BCUT2D eigenvalue weighted by Crippen LogP contribution is -2.55. The minimum absolute atomic E-state index is 0.0511. The van der Waals surface area contributed by atoms with Crippen molar-refractivity contribution in [2.24, 2.45) is 0 Å². The molecular formula is C17H32O5SSi. The van der Waals surface area contributed by atoms with Gasteiger partial charge in [0.1, 0.15) is 18.8 Å². The molecule has 2 rings (SSSR count). The first-order valence-corrected chi connectivity index (χ1v) is 12.5. The van der Waals surface area contributed by atoms with Crippen molar-refractivity contribution in [3.63, 3.8) is 0 Å². The molecule has 0 aromatic heterocycles. The fourth-order valence-corrected chi connectivity index (χ4v) is 5.18. The maximum Gasteiger partial charge on any atom is 0.302 e. The average Bonchev–Trinajstić information content (AvgIpc) is 3.17. The second-order valence-electron chi connectivity index (χ2n) is 8.44. The Morgan fingerprint density at radius 3 is 2.38 bits per heavy atom. The third-order valence-electron chi connectivity index (χ3n) is 4.92. The summed E-state index contributed by atoms with van der Waals surface area (Å²) in [7, 11) is -1.92. The van der Waals surface area contributed by atoms with Crippen LogP contribution >= 0.6 is 11.8 Å². The second-order valence-corrected chi connectivity index (χ2v) is 14.6. The summed E-state index contributed by atoms with van der Waals surface area (Å²) in [6.45, 7) is 16.9. The monoisotopic (exact) mass is 376 g/mol. The van der Waals surface area contributed by atoms with Gasteiger partial charge in [0, 0.05) is 17.4 Å². The molecule has 0 bridgehead atoms. The van der Waals surface area contributed by atoms with Gasteiger partial charge in [0.25, 0.3) is 0 Å². The molecule has 2 saturated heterocycles. The molecule has 0 saturated carbocycles. The van der Waals surface area contributed by atoms with Crippen LogP contribution in [0.2, 0.25) is 18.1 Å². The molecule has 0 unspecified atom stereocenters. The van der Waals surface area contributed by atoms with Crippen molar-refractivity contribution < 1.29 is 23.4 Å². The van der Waals surface area contributed by atoms with E-state index in [9.17, 15) is 4.79 Å². The number of thioether (sulfide) groups is 1. The number of carbonyl (C=O) groups excluding carboxylic acids is 1. The minimum atomic E-state index is -1.92. The van der Waals surface area contributed by atoms with Crippen LogP contribution < -0.4 is 0 Å². The molecule has 0 amide bonds. The van der Waals surface area contributed by atoms with E-state index in [2.05, 4.69) is 33.9 Å². The predicted octanol–water partition coefficient (Wildman–Crippen LogP) is 3.57. The Labute approximate surface area is 151 Å². The number of hydrogen-bond acceptors (Lipinski definition) is 6. The molecule has 2 heterocycles. The fourth-order valence-electron chi connectivity index (χ4n) is 2.53. The first kappa shape index (κ1) is 20.2. The van der Waals surface area contributed by atoms with Crippen molar-refractivity contribution in [2.75, 3.05) is 6.61 Å². The molecule has 24 heavy (non-hydrogen) atoms. The molecule has 0 spiro atoms. The quantitative estimate of drug-likeness (QED) is 0.401. The van der Waals surface area contributed by atoms with E-state index in [1.54, 1.807) is 0 Å². The van der Waals surface area contributed by atoms with Crippen molar-refractivity contribution in [1.82, 2.24) is 0 Å². The highest BCUT2D eigenvalue weighted by atomic mass is 32.2. The van der Waals surface area contributed by atoms with Gasteiger partial charge in [-0.15, -0.1) is 11.8 Å². The van der Waals surface area contributed by atoms with Crippen molar-refractivity contribution in [2.45, 2.75) is 94.8 Å². The minimum Gasteiger partial charge on any atom is -0.463 e. The predicted molar refractivity (Wildman–Crippen MR) is 98.8 cm³/mol. The molecule has 7 heteroatoms. The van der Waals surface area contributed by atoms with Gasteiger partial charge in [0.15, 0.2) is 14.6 Å². The van der Waals surface area contributed by atoms with E-state index in [0.29, 0.717) is 10.5 Å². The summed E-state index contributed by atoms with van der Waals surface area (Å²) in [6, 6.07) is 0. The van der Waals surface area contributed by atoms with Crippen molar-refractivity contribution in [3.8, 4) is 0 Å². The molecule has 2 fully saturated rings. The van der Waals surface area contributed by atoms with E-state index in [4.69, 9.17) is 18.6 Å². The van der Waals surface area contributed by atoms with Gasteiger partial charge in [0.2, 0.25) is 0 Å². The lowest BCUT2D eigenvalue weighted by molar-refractivity contribution is -0.245. The average molecular weight is 377 g/mol. The van der Waals surface area contributed by atoms with Crippen LogP contribution in [0.4, 0.5) is 0 Å². The number of esters is 1. The zero-order chi connectivity index (χ0) is 18.3. The zero-order valence-electron chi connectivity index (χ0n) is 16.1. The molecular weight excluding hydrogens is 344 g/mol. The van der Waals surface area contributed by atoms with Gasteiger partial charge in [-0.3, -0.25) is 4.79 Å². The summed E-state index contributed by atoms with van der Waals surface area (Å²) in [4.78, 5) is 11.1. The highest BCUT2D eigenvalue weighted by Gasteiger charge is 2.60. The van der Waals surface area contributed by atoms with Gasteiger partial charge in [-0.1, -0.05) is 20.8 Å². The number of carbonyl (C=O) groups is 1. The standard InChI is InChI=1S/C17H32O5SSi/c1-10(2)20-16-13(22-24(7,8)17(4,5)6)15-14(23-15)12(21-16)9-19-11(3)18/h10,12-16H,9H2,1-8H3/t12-,13-,14-,15-,16+/m1/s1. The molecule has 5 nitrogen and oxygen atoms in total. The summed E-state index contributed by atoms with van der Waals surface area (Å²) < 4.78 is 24.0. The van der Waals surface area contributed by atoms with Gasteiger partial charge in [-0.05, 0) is 32.0 Å². The lowest BCUT2D eigenvalue weighted by Gasteiger charge is -2.43. The van der Waals surface area contributed by atoms with Gasteiger partial charge >= 0.3 is 5.97 Å². The van der Waals surface area contributed by atoms with Gasteiger partial charge in [-0.25, -0.2) is 0 Å². The van der Waals surface area contributed by atoms with Gasteiger partial charge in [0.05, 0.1) is 6.10 Å². The van der Waals surface area contributed by atoms with E-state index in [1.807, 2.05) is 25.6 Å². The number of rotatable bonds is 6. The van der Waals surface area contributed by atoms with E-state index in [-0.39, 0.29) is 35.9 Å². The molecule has 2 aliphatic heterocycles. The van der Waals surface area contributed by atoms with Crippen LogP contribution in [-0.2, 0) is 23.4 Å². The highest BCUT2D eigenvalue weighted by Crippen LogP contribution is 2.54. The maximum absolute atomic E-state index is 11.1. The van der Waals surface area contributed by atoms with Crippen molar-refractivity contribution in [1.29, 1.82) is 0 Å². The second kappa shape index (κ2) is 7.27. The van der Waals surface area contributed by atoms with Crippen molar-refractivity contribution >= 4 is 26.0 Å². The molecule has 2 aliphatic rings. The summed E-state index contributed by atoms with van der Waals surface area (Å²) in [5, 5.41) is 0.822. The Hall–Kier alpha value is -0.0831. The molecule has 0 radical (unpaired) electrons. The molecule has 0 aromatic rings. The Kier molecular flexibility index (Phi) is 6.13. The smallest absolute Gasteiger partial charge is 0.302 e. The Morgan fingerprint density at radius 2 is 1.88 bits per heavy atom. The number of hydrogen-bond donors (Lipinski definition) is 0. The number of fused-ring (bicyclic) bond motifs is 1.